The molecule has 0 aliphatic carbocycles. The molecule has 1 amide bonds. The van der Waals surface area contributed by atoms with Crippen molar-refractivity contribution in [1.82, 2.24) is 30.4 Å². The van der Waals surface area contributed by atoms with Gasteiger partial charge in [-0.1, -0.05) is 0 Å². The number of nitrogens with one attached hydrogen (secondary N) is 3. The molecule has 0 aromatic carbocycles. The fourth-order valence-electron chi connectivity index (χ4n) is 2.57. The van der Waals surface area contributed by atoms with Gasteiger partial charge in [0.2, 0.25) is 0 Å². The maximum atomic E-state index is 12.0. The highest BCUT2D eigenvalue weighted by Gasteiger charge is 2.33. The lowest BCUT2D eigenvalue weighted by Crippen LogP contribution is -2.52. The van der Waals surface area contributed by atoms with Crippen molar-refractivity contribution in [2.24, 2.45) is 0 Å². The SMILES string of the molecule is O=C(NCC1(O)COCCN(Cc2cnc[nH]2)C1)c1ccn[nH]1. The number of aromatic amines is 2. The number of carbonyl (C=O) groups excluding carboxylic acids is 1. The van der Waals surface area contributed by atoms with E-state index in [1.165, 1.54) is 6.20 Å². The zero-order chi connectivity index (χ0) is 16.1. The van der Waals surface area contributed by atoms with E-state index >= 15 is 0 Å². The Morgan fingerprint density at radius 3 is 3.22 bits per heavy atom. The maximum Gasteiger partial charge on any atom is 0.269 e. The molecule has 4 N–H and O–H groups in total. The molecule has 0 spiro atoms. The normalized spacial score (nSPS) is 22.7. The molecule has 1 unspecified atom stereocenters. The first kappa shape index (κ1) is 15.7. The van der Waals surface area contributed by atoms with E-state index in [0.29, 0.717) is 31.9 Å². The summed E-state index contributed by atoms with van der Waals surface area (Å²) in [5, 5.41) is 19.8. The number of ether oxygens (including phenoxy) is 1. The summed E-state index contributed by atoms with van der Waals surface area (Å²) in [6.45, 7) is 2.55. The number of imidazole rings is 1. The van der Waals surface area contributed by atoms with Crippen LogP contribution in [-0.4, -0.2) is 74.5 Å². The minimum atomic E-state index is -1.15. The van der Waals surface area contributed by atoms with Crippen molar-refractivity contribution in [3.8, 4) is 0 Å². The molecule has 0 saturated carbocycles. The van der Waals surface area contributed by atoms with Crippen LogP contribution >= 0.6 is 0 Å². The Balaban J connectivity index is 1.58. The van der Waals surface area contributed by atoms with Gasteiger partial charge in [0.25, 0.3) is 5.91 Å². The Labute approximate surface area is 133 Å². The topological polar surface area (TPSA) is 119 Å². The molecule has 1 aliphatic rings. The summed E-state index contributed by atoms with van der Waals surface area (Å²) in [6.07, 6.45) is 4.88. The van der Waals surface area contributed by atoms with Gasteiger partial charge in [0, 0.05) is 37.7 Å². The van der Waals surface area contributed by atoms with Crippen molar-refractivity contribution < 1.29 is 14.6 Å². The summed E-state index contributed by atoms with van der Waals surface area (Å²) in [5.74, 6) is -0.305. The van der Waals surface area contributed by atoms with E-state index in [0.717, 1.165) is 5.69 Å². The largest absolute Gasteiger partial charge is 0.384 e. The Kier molecular flexibility index (Phi) is 4.70. The zero-order valence-corrected chi connectivity index (χ0v) is 12.7. The molecule has 1 aliphatic heterocycles. The number of β-amino-alcohol motifs (C(OH)–C–C–N with tert-alkyl or cyclic N) is 1. The van der Waals surface area contributed by atoms with Crippen LogP contribution < -0.4 is 5.32 Å². The lowest BCUT2D eigenvalue weighted by atomic mass is 10.0. The lowest BCUT2D eigenvalue weighted by molar-refractivity contribution is -0.0346. The molecule has 1 atom stereocenters. The second-order valence-corrected chi connectivity index (χ2v) is 5.72. The van der Waals surface area contributed by atoms with Crippen LogP contribution in [0.3, 0.4) is 0 Å². The minimum absolute atomic E-state index is 0.102. The Morgan fingerprint density at radius 1 is 1.57 bits per heavy atom. The molecule has 1 fully saturated rings. The number of hydrogen-bond donors (Lipinski definition) is 4. The summed E-state index contributed by atoms with van der Waals surface area (Å²) in [7, 11) is 0. The number of H-pyrrole nitrogens is 2. The smallest absolute Gasteiger partial charge is 0.269 e. The number of aromatic nitrogens is 4. The van der Waals surface area contributed by atoms with Gasteiger partial charge in [-0.2, -0.15) is 5.10 Å². The molecule has 9 heteroatoms. The summed E-state index contributed by atoms with van der Waals surface area (Å²) in [4.78, 5) is 21.1. The van der Waals surface area contributed by atoms with Gasteiger partial charge in [-0.15, -0.1) is 0 Å². The standard InChI is InChI=1S/C14H20N6O3/c21-13(12-1-2-18-19-12)16-7-14(22)8-20(3-4-23-9-14)6-11-5-15-10-17-11/h1-2,5,10,22H,3-4,6-9H2,(H,15,17)(H,16,21)(H,18,19). The van der Waals surface area contributed by atoms with Gasteiger partial charge in [0.1, 0.15) is 11.3 Å². The van der Waals surface area contributed by atoms with Crippen LogP contribution in [0.1, 0.15) is 16.2 Å². The van der Waals surface area contributed by atoms with Gasteiger partial charge in [0.15, 0.2) is 0 Å². The number of amides is 1. The molecule has 124 valence electrons. The van der Waals surface area contributed by atoms with Crippen LogP contribution in [0.4, 0.5) is 0 Å². The first-order chi connectivity index (χ1) is 11.1. The highest BCUT2D eigenvalue weighted by atomic mass is 16.5. The van der Waals surface area contributed by atoms with Crippen LogP contribution in [0.25, 0.3) is 0 Å². The Morgan fingerprint density at radius 2 is 2.48 bits per heavy atom. The van der Waals surface area contributed by atoms with E-state index < -0.39 is 5.60 Å². The van der Waals surface area contributed by atoms with Crippen LogP contribution in [0.15, 0.2) is 24.8 Å². The van der Waals surface area contributed by atoms with Gasteiger partial charge in [-0.05, 0) is 6.07 Å². The molecule has 23 heavy (non-hydrogen) atoms. The van der Waals surface area contributed by atoms with E-state index in [2.05, 4.69) is 30.4 Å². The molecule has 3 rings (SSSR count). The van der Waals surface area contributed by atoms with Gasteiger partial charge in [0.05, 0.1) is 26.1 Å². The number of aliphatic hydroxyl groups is 1. The van der Waals surface area contributed by atoms with Crippen LogP contribution in [-0.2, 0) is 11.3 Å². The zero-order valence-electron chi connectivity index (χ0n) is 12.7. The lowest BCUT2D eigenvalue weighted by Gasteiger charge is -2.30. The van der Waals surface area contributed by atoms with E-state index in [1.54, 1.807) is 18.6 Å². The van der Waals surface area contributed by atoms with E-state index in [4.69, 9.17) is 4.74 Å². The third-order valence-electron chi connectivity index (χ3n) is 3.71. The van der Waals surface area contributed by atoms with Crippen LogP contribution in [0, 0.1) is 0 Å². The first-order valence-electron chi connectivity index (χ1n) is 7.42. The van der Waals surface area contributed by atoms with Crippen molar-refractivity contribution in [1.29, 1.82) is 0 Å². The van der Waals surface area contributed by atoms with Gasteiger partial charge in [-0.3, -0.25) is 14.8 Å². The molecule has 1 saturated heterocycles. The molecule has 3 heterocycles. The monoisotopic (exact) mass is 320 g/mol. The van der Waals surface area contributed by atoms with Crippen molar-refractivity contribution in [3.05, 3.63) is 36.2 Å². The average Bonchev–Trinajstić information content (AvgIpc) is 3.20. The van der Waals surface area contributed by atoms with Crippen molar-refractivity contribution >= 4 is 5.91 Å². The number of hydrogen-bond acceptors (Lipinski definition) is 6. The van der Waals surface area contributed by atoms with Crippen LogP contribution in [0.5, 0.6) is 0 Å². The second-order valence-electron chi connectivity index (χ2n) is 5.72. The van der Waals surface area contributed by atoms with E-state index in [-0.39, 0.29) is 19.1 Å². The number of carbonyl (C=O) groups is 1. The fraction of sp³-hybridized carbons (Fsp3) is 0.500. The van der Waals surface area contributed by atoms with Gasteiger partial charge >= 0.3 is 0 Å². The molecule has 0 radical (unpaired) electrons. The number of nitrogens with zero attached hydrogens (tertiary/aromatic N) is 3. The second kappa shape index (κ2) is 6.90. The number of rotatable bonds is 5. The molecular weight excluding hydrogens is 300 g/mol. The fourth-order valence-corrected chi connectivity index (χ4v) is 2.57. The van der Waals surface area contributed by atoms with Crippen molar-refractivity contribution in [2.45, 2.75) is 12.1 Å². The highest BCUT2D eigenvalue weighted by Crippen LogP contribution is 2.14. The predicted octanol–water partition coefficient (Wildman–Crippen LogP) is -0.874. The quantitative estimate of drug-likeness (QED) is 0.568. The summed E-state index contributed by atoms with van der Waals surface area (Å²) >= 11 is 0. The molecule has 2 aromatic rings. The van der Waals surface area contributed by atoms with Crippen molar-refractivity contribution in [2.75, 3.05) is 32.8 Å². The Bertz CT molecular complexity index is 615. The van der Waals surface area contributed by atoms with Crippen LogP contribution in [0.2, 0.25) is 0 Å². The van der Waals surface area contributed by atoms with Gasteiger partial charge < -0.3 is 20.1 Å². The predicted molar refractivity (Wildman–Crippen MR) is 80.6 cm³/mol. The molecule has 0 bridgehead atoms. The molecule has 2 aromatic heterocycles. The molecular formula is C14H20N6O3. The van der Waals surface area contributed by atoms with Crippen molar-refractivity contribution in [3.63, 3.8) is 0 Å². The molecule has 9 nitrogen and oxygen atoms in total. The summed E-state index contributed by atoms with van der Waals surface area (Å²) in [5.41, 5.74) is 0.180. The maximum absolute atomic E-state index is 12.0. The van der Waals surface area contributed by atoms with E-state index in [1.807, 2.05) is 0 Å². The summed E-state index contributed by atoms with van der Waals surface area (Å²) in [6, 6.07) is 1.58. The third kappa shape index (κ3) is 4.15. The summed E-state index contributed by atoms with van der Waals surface area (Å²) < 4.78 is 5.49. The van der Waals surface area contributed by atoms with E-state index in [9.17, 15) is 9.90 Å². The average molecular weight is 320 g/mol. The Hall–Kier alpha value is -2.23. The first-order valence-corrected chi connectivity index (χ1v) is 7.42. The third-order valence-corrected chi connectivity index (χ3v) is 3.71. The minimum Gasteiger partial charge on any atom is -0.384 e. The van der Waals surface area contributed by atoms with Gasteiger partial charge in [-0.25, -0.2) is 4.98 Å². The highest BCUT2D eigenvalue weighted by molar-refractivity contribution is 5.92.